The van der Waals surface area contributed by atoms with Crippen molar-refractivity contribution in [2.75, 3.05) is 5.33 Å². The van der Waals surface area contributed by atoms with E-state index in [1.54, 1.807) is 0 Å². The molecular weight excluding hydrogens is 440 g/mol. The van der Waals surface area contributed by atoms with Crippen LogP contribution in [0.3, 0.4) is 0 Å². The third-order valence-electron chi connectivity index (χ3n) is 6.63. The van der Waals surface area contributed by atoms with E-state index in [-0.39, 0.29) is 5.41 Å². The Kier molecular flexibility index (Phi) is 6.36. The maximum atomic E-state index is 5.75. The molecule has 0 aliphatic heterocycles. The van der Waals surface area contributed by atoms with Gasteiger partial charge in [-0.2, -0.15) is 0 Å². The summed E-state index contributed by atoms with van der Waals surface area (Å²) in [4.78, 5) is 0. The van der Waals surface area contributed by atoms with Crippen LogP contribution in [0.15, 0.2) is 60.7 Å². The molecule has 1 unspecified atom stereocenters. The number of hydrogen-bond acceptors (Lipinski definition) is 0. The summed E-state index contributed by atoms with van der Waals surface area (Å²) in [5, 5.41) is 1.09. The van der Waals surface area contributed by atoms with Gasteiger partial charge in [0.15, 0.2) is 0 Å². The fraction of sp³-hybridized carbons (Fsp3) is 0.267. The monoisotopic (exact) mass is 466 g/mol. The van der Waals surface area contributed by atoms with E-state index in [9.17, 15) is 0 Å². The van der Waals surface area contributed by atoms with Crippen LogP contribution in [0, 0.1) is 24.7 Å². The minimum absolute atomic E-state index is 0.0271. The largest absolute Gasteiger partial charge is 0.115 e. The summed E-state index contributed by atoms with van der Waals surface area (Å²) in [5.41, 5.74) is 9.72. The average molecular weight is 467 g/mol. The summed E-state index contributed by atoms with van der Waals surface area (Å²) >= 11 is 3.55. The predicted octanol–water partition coefficient (Wildman–Crippen LogP) is 7.95. The highest BCUT2D eigenvalue weighted by molar-refractivity contribution is 9.09. The minimum atomic E-state index is -0.0271. The van der Waals surface area contributed by atoms with Crippen molar-refractivity contribution in [1.82, 2.24) is 0 Å². The number of halogens is 1. The number of fused-ring (bicyclic) bond motifs is 3. The molecule has 31 heavy (non-hydrogen) atoms. The first kappa shape index (κ1) is 21.5. The highest BCUT2D eigenvalue weighted by Crippen LogP contribution is 2.52. The highest BCUT2D eigenvalue weighted by atomic mass is 79.9. The Morgan fingerprint density at radius 1 is 0.710 bits per heavy atom. The molecule has 1 aliphatic carbocycles. The van der Waals surface area contributed by atoms with Gasteiger partial charge >= 0.3 is 0 Å². The maximum absolute atomic E-state index is 5.75. The second kappa shape index (κ2) is 9.18. The van der Waals surface area contributed by atoms with Gasteiger partial charge in [0.1, 0.15) is 0 Å². The molecule has 0 fully saturated rings. The Labute approximate surface area is 195 Å². The van der Waals surface area contributed by atoms with Gasteiger partial charge < -0.3 is 0 Å². The zero-order valence-corrected chi connectivity index (χ0v) is 19.6. The molecule has 0 radical (unpaired) electrons. The molecule has 0 saturated heterocycles. The van der Waals surface area contributed by atoms with Gasteiger partial charge in [-0.05, 0) is 76.6 Å². The van der Waals surface area contributed by atoms with E-state index in [0.717, 1.165) is 22.9 Å². The zero-order valence-electron chi connectivity index (χ0n) is 18.0. The van der Waals surface area contributed by atoms with Crippen molar-refractivity contribution < 1.29 is 0 Å². The Bertz CT molecular complexity index is 1170. The van der Waals surface area contributed by atoms with Crippen molar-refractivity contribution in [2.24, 2.45) is 0 Å². The van der Waals surface area contributed by atoms with E-state index in [1.807, 2.05) is 12.1 Å². The van der Waals surface area contributed by atoms with Gasteiger partial charge in [-0.15, -0.1) is 12.8 Å². The summed E-state index contributed by atoms with van der Waals surface area (Å²) in [7, 11) is 0. The van der Waals surface area contributed by atoms with Crippen molar-refractivity contribution in [2.45, 2.75) is 44.4 Å². The van der Waals surface area contributed by atoms with E-state index in [2.05, 4.69) is 83.2 Å². The van der Waals surface area contributed by atoms with Crippen LogP contribution in [-0.4, -0.2) is 5.33 Å². The number of hydrogen-bond donors (Lipinski definition) is 0. The SMILES string of the molecule is C#Cc1ccc(-c2ccc3c(c2)C(C)(CCCCCCBr)c2cc(C#C)ccc2-3)cc1. The number of alkyl halides is 1. The Hall–Kier alpha value is -2.74. The molecule has 0 nitrogen and oxygen atoms in total. The lowest BCUT2D eigenvalue weighted by Crippen LogP contribution is -2.21. The molecule has 0 bridgehead atoms. The molecule has 1 aliphatic rings. The van der Waals surface area contributed by atoms with Gasteiger partial charge in [0.2, 0.25) is 0 Å². The summed E-state index contributed by atoms with van der Waals surface area (Å²) in [6, 6.07) is 21.7. The van der Waals surface area contributed by atoms with Gasteiger partial charge in [0, 0.05) is 21.9 Å². The third-order valence-corrected chi connectivity index (χ3v) is 7.19. The van der Waals surface area contributed by atoms with Crippen LogP contribution in [0.1, 0.15) is 61.3 Å². The van der Waals surface area contributed by atoms with E-state index >= 15 is 0 Å². The second-order valence-electron chi connectivity index (χ2n) is 8.57. The quantitative estimate of drug-likeness (QED) is 0.188. The minimum Gasteiger partial charge on any atom is -0.115 e. The summed E-state index contributed by atoms with van der Waals surface area (Å²) < 4.78 is 0. The van der Waals surface area contributed by atoms with Crippen LogP contribution >= 0.6 is 15.9 Å². The Morgan fingerprint density at radius 2 is 1.29 bits per heavy atom. The molecule has 1 heteroatoms. The molecule has 0 heterocycles. The Morgan fingerprint density at radius 3 is 1.97 bits per heavy atom. The molecule has 0 spiro atoms. The number of benzene rings is 3. The summed E-state index contributed by atoms with van der Waals surface area (Å²) in [6.45, 7) is 2.40. The molecule has 4 rings (SSSR count). The molecule has 0 amide bonds. The van der Waals surface area contributed by atoms with Crippen molar-refractivity contribution in [1.29, 1.82) is 0 Å². The fourth-order valence-electron chi connectivity index (χ4n) is 4.84. The van der Waals surface area contributed by atoms with Gasteiger partial charge in [-0.3, -0.25) is 0 Å². The molecule has 154 valence electrons. The smallest absolute Gasteiger partial charge is 0.0246 e. The predicted molar refractivity (Wildman–Crippen MR) is 137 cm³/mol. The lowest BCUT2D eigenvalue weighted by atomic mass is 9.75. The number of terminal acetylenes is 2. The summed E-state index contributed by atoms with van der Waals surface area (Å²) in [6.07, 6.45) is 17.4. The fourth-order valence-corrected chi connectivity index (χ4v) is 5.24. The number of rotatable bonds is 7. The first-order valence-electron chi connectivity index (χ1n) is 11.0. The van der Waals surface area contributed by atoms with Crippen molar-refractivity contribution in [3.63, 3.8) is 0 Å². The van der Waals surface area contributed by atoms with E-state index in [1.165, 1.54) is 59.1 Å². The third kappa shape index (κ3) is 4.08. The molecule has 0 saturated carbocycles. The maximum Gasteiger partial charge on any atom is 0.0246 e. The van der Waals surface area contributed by atoms with Crippen molar-refractivity contribution in [3.05, 3.63) is 82.9 Å². The normalized spacial score (nSPS) is 16.3. The average Bonchev–Trinajstić information content (AvgIpc) is 3.06. The first-order valence-corrected chi connectivity index (χ1v) is 12.1. The highest BCUT2D eigenvalue weighted by Gasteiger charge is 2.39. The molecule has 0 N–H and O–H groups in total. The Balaban J connectivity index is 1.75. The molecular formula is C30H27Br. The molecule has 0 aromatic heterocycles. The van der Waals surface area contributed by atoms with Gasteiger partial charge in [-0.25, -0.2) is 0 Å². The summed E-state index contributed by atoms with van der Waals surface area (Å²) in [5.74, 6) is 5.53. The second-order valence-corrected chi connectivity index (χ2v) is 9.37. The topological polar surface area (TPSA) is 0 Å². The van der Waals surface area contributed by atoms with E-state index in [0.29, 0.717) is 0 Å². The van der Waals surface area contributed by atoms with Crippen LogP contribution in [0.2, 0.25) is 0 Å². The van der Waals surface area contributed by atoms with Crippen LogP contribution < -0.4 is 0 Å². The van der Waals surface area contributed by atoms with E-state index in [4.69, 9.17) is 12.8 Å². The van der Waals surface area contributed by atoms with Gasteiger partial charge in [-0.1, -0.05) is 84.3 Å². The van der Waals surface area contributed by atoms with Gasteiger partial charge in [0.25, 0.3) is 0 Å². The van der Waals surface area contributed by atoms with Crippen LogP contribution in [-0.2, 0) is 5.41 Å². The molecule has 1 atom stereocenters. The lowest BCUT2D eigenvalue weighted by Gasteiger charge is -2.28. The van der Waals surface area contributed by atoms with Crippen molar-refractivity contribution >= 4 is 15.9 Å². The first-order chi connectivity index (χ1) is 15.1. The molecule has 3 aromatic rings. The zero-order chi connectivity index (χ0) is 21.8. The standard InChI is InChI=1S/C30H27Br/c1-4-22-10-13-24(14-11-22)25-15-17-27-26-16-12-23(5-2)20-28(26)30(3,29(27)21-25)18-8-6-7-9-19-31/h1-2,10-17,20-21H,6-9,18-19H2,3H3. The van der Waals surface area contributed by atoms with E-state index < -0.39 is 0 Å². The lowest BCUT2D eigenvalue weighted by molar-refractivity contribution is 0.487. The van der Waals surface area contributed by atoms with Crippen molar-refractivity contribution in [3.8, 4) is 46.9 Å². The molecule has 3 aromatic carbocycles. The van der Waals surface area contributed by atoms with Crippen LogP contribution in [0.25, 0.3) is 22.3 Å². The van der Waals surface area contributed by atoms with Crippen LogP contribution in [0.5, 0.6) is 0 Å². The number of unbranched alkanes of at least 4 members (excludes halogenated alkanes) is 3. The van der Waals surface area contributed by atoms with Crippen LogP contribution in [0.4, 0.5) is 0 Å². The van der Waals surface area contributed by atoms with Gasteiger partial charge in [0.05, 0.1) is 0 Å².